The molecule has 0 saturated carbocycles. The molecule has 2 aromatic carbocycles. The third-order valence-electron chi connectivity index (χ3n) is 5.24. The molecule has 1 N–H and O–H groups in total. The van der Waals surface area contributed by atoms with Gasteiger partial charge in [-0.3, -0.25) is 9.59 Å². The fourth-order valence-electron chi connectivity index (χ4n) is 3.53. The Morgan fingerprint density at radius 1 is 1.00 bits per heavy atom. The number of benzene rings is 2. The summed E-state index contributed by atoms with van der Waals surface area (Å²) < 4.78 is 11.2. The lowest BCUT2D eigenvalue weighted by Crippen LogP contribution is -2.52. The molecule has 0 spiro atoms. The summed E-state index contributed by atoms with van der Waals surface area (Å²) in [5, 5.41) is 3.81. The fraction of sp³-hybridized carbons (Fsp3) is 0.440. The van der Waals surface area contributed by atoms with Gasteiger partial charge in [-0.1, -0.05) is 35.3 Å². The maximum atomic E-state index is 13.3. The summed E-state index contributed by atoms with van der Waals surface area (Å²) in [6.07, 6.45) is 0.759. The summed E-state index contributed by atoms with van der Waals surface area (Å²) in [7, 11) is 0. The van der Waals surface area contributed by atoms with Crippen LogP contribution >= 0.6 is 23.2 Å². The average molecular weight is 493 g/mol. The van der Waals surface area contributed by atoms with Gasteiger partial charge in [-0.2, -0.15) is 0 Å². The van der Waals surface area contributed by atoms with Gasteiger partial charge in [0.25, 0.3) is 0 Å². The minimum absolute atomic E-state index is 0.132. The molecule has 1 aliphatic rings. The van der Waals surface area contributed by atoms with Gasteiger partial charge in [0.15, 0.2) is 11.5 Å². The summed E-state index contributed by atoms with van der Waals surface area (Å²) >= 11 is 12.2. The number of rotatable bonds is 7. The highest BCUT2D eigenvalue weighted by Crippen LogP contribution is 2.31. The highest BCUT2D eigenvalue weighted by atomic mass is 35.5. The molecule has 33 heavy (non-hydrogen) atoms. The van der Waals surface area contributed by atoms with Crippen LogP contribution in [0.4, 0.5) is 0 Å². The van der Waals surface area contributed by atoms with Crippen LogP contribution in [0.3, 0.4) is 0 Å². The van der Waals surface area contributed by atoms with Crippen molar-refractivity contribution in [1.82, 2.24) is 10.2 Å². The van der Waals surface area contributed by atoms with Crippen molar-refractivity contribution in [2.24, 2.45) is 0 Å². The van der Waals surface area contributed by atoms with Crippen molar-refractivity contribution in [3.05, 3.63) is 57.6 Å². The monoisotopic (exact) mass is 492 g/mol. The SMILES string of the molecule is C[C@@H](C(=O)NC(C)(C)C)N(Cc1ccc(Cl)c(Cl)c1)C(=O)CCc1ccc2c(c1)OCCO2. The number of hydrogen-bond donors (Lipinski definition) is 1. The fourth-order valence-corrected chi connectivity index (χ4v) is 3.85. The molecule has 1 atom stereocenters. The molecule has 0 aliphatic carbocycles. The average Bonchev–Trinajstić information content (AvgIpc) is 2.76. The lowest BCUT2D eigenvalue weighted by molar-refractivity contribution is -0.141. The lowest BCUT2D eigenvalue weighted by Gasteiger charge is -2.31. The van der Waals surface area contributed by atoms with E-state index in [-0.39, 0.29) is 24.8 Å². The molecule has 178 valence electrons. The lowest BCUT2D eigenvalue weighted by atomic mass is 10.1. The van der Waals surface area contributed by atoms with Crippen molar-refractivity contribution < 1.29 is 19.1 Å². The second-order valence-corrected chi connectivity index (χ2v) is 9.98. The van der Waals surface area contributed by atoms with Crippen LogP contribution in [0.2, 0.25) is 10.0 Å². The van der Waals surface area contributed by atoms with Gasteiger partial charge in [0.05, 0.1) is 10.0 Å². The zero-order chi connectivity index (χ0) is 24.2. The van der Waals surface area contributed by atoms with Gasteiger partial charge in [-0.15, -0.1) is 0 Å². The van der Waals surface area contributed by atoms with E-state index in [9.17, 15) is 9.59 Å². The van der Waals surface area contributed by atoms with Crippen molar-refractivity contribution >= 4 is 35.0 Å². The Labute approximate surface area is 205 Å². The van der Waals surface area contributed by atoms with E-state index in [1.807, 2.05) is 45.0 Å². The molecule has 0 fully saturated rings. The summed E-state index contributed by atoms with van der Waals surface area (Å²) in [4.78, 5) is 27.8. The molecule has 0 radical (unpaired) electrons. The van der Waals surface area contributed by atoms with Gasteiger partial charge >= 0.3 is 0 Å². The van der Waals surface area contributed by atoms with Crippen LogP contribution < -0.4 is 14.8 Å². The molecule has 2 amide bonds. The standard InChI is InChI=1S/C25H30Cl2N2O4/c1-16(24(31)28-25(2,3)4)29(15-18-5-8-19(26)20(27)13-18)23(30)10-7-17-6-9-21-22(14-17)33-12-11-32-21/h5-6,8-9,13-14,16H,7,10-12,15H2,1-4H3,(H,28,31)/t16-/m0/s1. The van der Waals surface area contributed by atoms with E-state index in [0.29, 0.717) is 41.2 Å². The molecule has 8 heteroatoms. The third-order valence-corrected chi connectivity index (χ3v) is 5.98. The number of fused-ring (bicyclic) bond motifs is 1. The largest absolute Gasteiger partial charge is 0.486 e. The smallest absolute Gasteiger partial charge is 0.242 e. The molecule has 0 aromatic heterocycles. The Morgan fingerprint density at radius 3 is 2.33 bits per heavy atom. The minimum Gasteiger partial charge on any atom is -0.486 e. The number of carbonyl (C=O) groups is 2. The zero-order valence-corrected chi connectivity index (χ0v) is 20.9. The molecular formula is C25H30Cl2N2O4. The highest BCUT2D eigenvalue weighted by molar-refractivity contribution is 6.42. The number of nitrogens with one attached hydrogen (secondary N) is 1. The molecule has 3 rings (SSSR count). The van der Waals surface area contributed by atoms with E-state index in [2.05, 4.69) is 5.32 Å². The van der Waals surface area contributed by atoms with Crippen molar-refractivity contribution in [1.29, 1.82) is 0 Å². The Bertz CT molecular complexity index is 1020. The van der Waals surface area contributed by atoms with Gasteiger partial charge < -0.3 is 19.7 Å². The Balaban J connectivity index is 1.75. The quantitative estimate of drug-likeness (QED) is 0.588. The number of nitrogens with zero attached hydrogens (tertiary/aromatic N) is 1. The molecular weight excluding hydrogens is 463 g/mol. The number of ether oxygens (including phenoxy) is 2. The number of aryl methyl sites for hydroxylation is 1. The van der Waals surface area contributed by atoms with Crippen LogP contribution in [-0.2, 0) is 22.6 Å². The zero-order valence-electron chi connectivity index (χ0n) is 19.4. The number of hydrogen-bond acceptors (Lipinski definition) is 4. The van der Waals surface area contributed by atoms with Crippen LogP contribution in [0.5, 0.6) is 11.5 Å². The maximum absolute atomic E-state index is 13.3. The van der Waals surface area contributed by atoms with Crippen LogP contribution in [0.25, 0.3) is 0 Å². The summed E-state index contributed by atoms with van der Waals surface area (Å²) in [5.74, 6) is 1.06. The topological polar surface area (TPSA) is 67.9 Å². The molecule has 1 heterocycles. The Morgan fingerprint density at radius 2 is 1.67 bits per heavy atom. The molecule has 0 saturated heterocycles. The number of halogens is 2. The van der Waals surface area contributed by atoms with E-state index in [1.165, 1.54) is 0 Å². The van der Waals surface area contributed by atoms with Crippen LogP contribution in [-0.4, -0.2) is 41.5 Å². The van der Waals surface area contributed by atoms with Crippen molar-refractivity contribution in [3.8, 4) is 11.5 Å². The second-order valence-electron chi connectivity index (χ2n) is 9.16. The summed E-state index contributed by atoms with van der Waals surface area (Å²) in [5.41, 5.74) is 1.36. The van der Waals surface area contributed by atoms with Crippen molar-refractivity contribution in [2.45, 2.75) is 58.7 Å². The van der Waals surface area contributed by atoms with Gasteiger partial charge in [0.1, 0.15) is 19.3 Å². The Hall–Kier alpha value is -2.44. The molecule has 0 unspecified atom stereocenters. The minimum atomic E-state index is -0.661. The first-order valence-electron chi connectivity index (χ1n) is 11.0. The van der Waals surface area contributed by atoms with E-state index in [1.54, 1.807) is 24.0 Å². The molecule has 6 nitrogen and oxygen atoms in total. The van der Waals surface area contributed by atoms with Crippen LogP contribution in [0, 0.1) is 0 Å². The van der Waals surface area contributed by atoms with E-state index < -0.39 is 11.6 Å². The van der Waals surface area contributed by atoms with Crippen molar-refractivity contribution in [3.63, 3.8) is 0 Å². The van der Waals surface area contributed by atoms with Gasteiger partial charge in [-0.05, 0) is 69.5 Å². The van der Waals surface area contributed by atoms with Crippen molar-refractivity contribution in [2.75, 3.05) is 13.2 Å². The summed E-state index contributed by atoms with van der Waals surface area (Å²) in [6.45, 7) is 8.74. The first-order chi connectivity index (χ1) is 15.5. The highest BCUT2D eigenvalue weighted by Gasteiger charge is 2.28. The first kappa shape index (κ1) is 25.2. The molecule has 0 bridgehead atoms. The van der Waals surface area contributed by atoms with E-state index >= 15 is 0 Å². The maximum Gasteiger partial charge on any atom is 0.242 e. The van der Waals surface area contributed by atoms with E-state index in [0.717, 1.165) is 11.1 Å². The van der Waals surface area contributed by atoms with Gasteiger partial charge in [-0.25, -0.2) is 0 Å². The first-order valence-corrected chi connectivity index (χ1v) is 11.7. The van der Waals surface area contributed by atoms with Crippen LogP contribution in [0.15, 0.2) is 36.4 Å². The molecule has 1 aliphatic heterocycles. The third kappa shape index (κ3) is 7.02. The van der Waals surface area contributed by atoms with Crippen LogP contribution in [0.1, 0.15) is 45.2 Å². The second kappa shape index (κ2) is 10.7. The van der Waals surface area contributed by atoms with Gasteiger partial charge in [0.2, 0.25) is 11.8 Å². The van der Waals surface area contributed by atoms with Gasteiger partial charge in [0, 0.05) is 18.5 Å². The Kier molecular flexibility index (Phi) is 8.14. The predicted octanol–water partition coefficient (Wildman–Crippen LogP) is 5.03. The predicted molar refractivity (Wildman–Crippen MR) is 130 cm³/mol. The van der Waals surface area contributed by atoms with E-state index in [4.69, 9.17) is 32.7 Å². The number of amides is 2. The number of carbonyl (C=O) groups excluding carboxylic acids is 2. The normalized spacial score (nSPS) is 13.9. The molecule has 2 aromatic rings. The summed E-state index contributed by atoms with van der Waals surface area (Å²) in [6, 6.07) is 10.3.